The van der Waals surface area contributed by atoms with E-state index in [2.05, 4.69) is 26.0 Å². The minimum Gasteiger partial charge on any atom is -0.380 e. The van der Waals surface area contributed by atoms with Crippen LogP contribution >= 0.6 is 27.5 Å². The number of pyridine rings is 1. The molecule has 0 spiro atoms. The highest BCUT2D eigenvalue weighted by Gasteiger charge is 2.22. The van der Waals surface area contributed by atoms with Crippen LogP contribution in [0.25, 0.3) is 0 Å². The number of rotatable bonds is 3. The molecule has 0 aliphatic carbocycles. The van der Waals surface area contributed by atoms with Crippen LogP contribution in [0, 0.1) is 0 Å². The summed E-state index contributed by atoms with van der Waals surface area (Å²) in [7, 11) is 0. The lowest BCUT2D eigenvalue weighted by Gasteiger charge is -2.13. The molecule has 6 heteroatoms. The van der Waals surface area contributed by atoms with Gasteiger partial charge in [0.15, 0.2) is 0 Å². The zero-order valence-electron chi connectivity index (χ0n) is 9.14. The van der Waals surface area contributed by atoms with Crippen LogP contribution in [0.1, 0.15) is 24.4 Å². The van der Waals surface area contributed by atoms with E-state index in [4.69, 9.17) is 11.6 Å². The monoisotopic (exact) mass is 315 g/mol. The fourth-order valence-electron chi connectivity index (χ4n) is 1.62. The summed E-state index contributed by atoms with van der Waals surface area (Å²) in [4.78, 5) is 4.15. The molecule has 2 heterocycles. The summed E-state index contributed by atoms with van der Waals surface area (Å²) in [6.07, 6.45) is 2.27. The van der Waals surface area contributed by atoms with Crippen molar-refractivity contribution in [2.45, 2.75) is 19.6 Å². The Morgan fingerprint density at radius 2 is 2.35 bits per heavy atom. The van der Waals surface area contributed by atoms with Crippen LogP contribution in [0.4, 0.5) is 0 Å². The van der Waals surface area contributed by atoms with Crippen molar-refractivity contribution in [3.8, 4) is 0 Å². The number of aliphatic hydroxyl groups excluding tert-OH is 1. The van der Waals surface area contributed by atoms with Gasteiger partial charge in [0.2, 0.25) is 0 Å². The van der Waals surface area contributed by atoms with E-state index < -0.39 is 6.10 Å². The molecule has 1 N–H and O–H groups in total. The summed E-state index contributed by atoms with van der Waals surface area (Å²) in [6.45, 7) is 2.58. The SMILES string of the molecule is CCn1ncc(Cl)c1C(O)c1ncccc1Br. The Kier molecular flexibility index (Phi) is 3.81. The first-order valence-corrected chi connectivity index (χ1v) is 6.32. The number of nitrogens with zero attached hydrogens (tertiary/aromatic N) is 3. The van der Waals surface area contributed by atoms with Crippen LogP contribution in [0.3, 0.4) is 0 Å². The smallest absolute Gasteiger partial charge is 0.140 e. The molecule has 2 aromatic rings. The Bertz CT molecular complexity index is 529. The summed E-state index contributed by atoms with van der Waals surface area (Å²) >= 11 is 9.39. The zero-order valence-corrected chi connectivity index (χ0v) is 11.5. The Hall–Kier alpha value is -0.910. The van der Waals surface area contributed by atoms with Crippen molar-refractivity contribution in [1.82, 2.24) is 14.8 Å². The first-order valence-electron chi connectivity index (χ1n) is 5.14. The van der Waals surface area contributed by atoms with E-state index in [-0.39, 0.29) is 0 Å². The third kappa shape index (κ3) is 2.36. The lowest BCUT2D eigenvalue weighted by atomic mass is 10.1. The summed E-state index contributed by atoms with van der Waals surface area (Å²) in [6, 6.07) is 3.62. The van der Waals surface area contributed by atoms with E-state index in [1.165, 1.54) is 6.20 Å². The molecule has 1 atom stereocenters. The quantitative estimate of drug-likeness (QED) is 0.947. The number of hydrogen-bond acceptors (Lipinski definition) is 3. The molecule has 17 heavy (non-hydrogen) atoms. The van der Waals surface area contributed by atoms with Gasteiger partial charge >= 0.3 is 0 Å². The molecule has 0 aliphatic rings. The predicted octanol–water partition coefficient (Wildman–Crippen LogP) is 2.80. The molecule has 0 saturated heterocycles. The molecular formula is C11H11BrClN3O. The lowest BCUT2D eigenvalue weighted by Crippen LogP contribution is -2.11. The summed E-state index contributed by atoms with van der Waals surface area (Å²) in [5.74, 6) is 0. The van der Waals surface area contributed by atoms with Gasteiger partial charge in [0.25, 0.3) is 0 Å². The van der Waals surface area contributed by atoms with Crippen molar-refractivity contribution >= 4 is 27.5 Å². The van der Waals surface area contributed by atoms with Crippen molar-refractivity contribution in [2.24, 2.45) is 0 Å². The van der Waals surface area contributed by atoms with Crippen LogP contribution in [0.15, 0.2) is 29.0 Å². The van der Waals surface area contributed by atoms with Gasteiger partial charge in [-0.3, -0.25) is 9.67 Å². The van der Waals surface area contributed by atoms with Gasteiger partial charge in [0, 0.05) is 17.2 Å². The Balaban J connectivity index is 2.47. The molecule has 2 rings (SSSR count). The van der Waals surface area contributed by atoms with Gasteiger partial charge in [0.1, 0.15) is 6.10 Å². The fourth-order valence-corrected chi connectivity index (χ4v) is 2.34. The van der Waals surface area contributed by atoms with E-state index in [1.54, 1.807) is 16.9 Å². The molecule has 0 aromatic carbocycles. The first kappa shape index (κ1) is 12.5. The largest absolute Gasteiger partial charge is 0.380 e. The molecule has 1 unspecified atom stereocenters. The molecule has 0 bridgehead atoms. The van der Waals surface area contributed by atoms with Crippen LogP contribution in [-0.4, -0.2) is 19.9 Å². The van der Waals surface area contributed by atoms with Crippen molar-refractivity contribution in [3.05, 3.63) is 45.4 Å². The van der Waals surface area contributed by atoms with Crippen LogP contribution in [-0.2, 0) is 6.54 Å². The van der Waals surface area contributed by atoms with Gasteiger partial charge in [-0.25, -0.2) is 0 Å². The maximum absolute atomic E-state index is 10.3. The highest BCUT2D eigenvalue weighted by molar-refractivity contribution is 9.10. The topological polar surface area (TPSA) is 50.9 Å². The minimum atomic E-state index is -0.888. The number of aryl methyl sites for hydroxylation is 1. The van der Waals surface area contributed by atoms with Gasteiger partial charge in [-0.1, -0.05) is 11.6 Å². The number of hydrogen-bond donors (Lipinski definition) is 1. The van der Waals surface area contributed by atoms with Gasteiger partial charge in [-0.15, -0.1) is 0 Å². The molecule has 2 aromatic heterocycles. The standard InChI is InChI=1S/C11H11BrClN3O/c1-2-16-10(8(13)6-15-16)11(17)9-7(12)4-3-5-14-9/h3-6,11,17H,2H2,1H3. The second-order valence-corrected chi connectivity index (χ2v) is 4.73. The molecule has 0 radical (unpaired) electrons. The van der Waals surface area contributed by atoms with E-state index in [1.807, 2.05) is 13.0 Å². The molecule has 0 saturated carbocycles. The van der Waals surface area contributed by atoms with Crippen LogP contribution < -0.4 is 0 Å². The van der Waals surface area contributed by atoms with E-state index in [9.17, 15) is 5.11 Å². The highest BCUT2D eigenvalue weighted by atomic mass is 79.9. The Labute approximate surface area is 112 Å². The summed E-state index contributed by atoms with van der Waals surface area (Å²) < 4.78 is 2.40. The lowest BCUT2D eigenvalue weighted by molar-refractivity contribution is 0.202. The van der Waals surface area contributed by atoms with Gasteiger partial charge in [-0.2, -0.15) is 5.10 Å². The maximum Gasteiger partial charge on any atom is 0.140 e. The van der Waals surface area contributed by atoms with E-state index in [0.29, 0.717) is 23.0 Å². The first-order chi connectivity index (χ1) is 8.15. The Morgan fingerprint density at radius 3 is 3.00 bits per heavy atom. The van der Waals surface area contributed by atoms with Gasteiger partial charge in [0.05, 0.1) is 22.6 Å². The highest BCUT2D eigenvalue weighted by Crippen LogP contribution is 2.30. The van der Waals surface area contributed by atoms with E-state index >= 15 is 0 Å². The number of aromatic nitrogens is 3. The van der Waals surface area contributed by atoms with Crippen molar-refractivity contribution in [1.29, 1.82) is 0 Å². The second-order valence-electron chi connectivity index (χ2n) is 3.47. The minimum absolute atomic E-state index is 0.442. The molecule has 0 amide bonds. The third-order valence-electron chi connectivity index (χ3n) is 2.44. The number of halogens is 2. The van der Waals surface area contributed by atoms with Gasteiger partial charge < -0.3 is 5.11 Å². The van der Waals surface area contributed by atoms with Crippen LogP contribution in [0.2, 0.25) is 5.02 Å². The normalized spacial score (nSPS) is 12.7. The summed E-state index contributed by atoms with van der Waals surface area (Å²) in [5.41, 5.74) is 1.10. The molecular weight excluding hydrogens is 305 g/mol. The fraction of sp³-hybridized carbons (Fsp3) is 0.273. The second kappa shape index (κ2) is 5.16. The van der Waals surface area contributed by atoms with Gasteiger partial charge in [-0.05, 0) is 35.0 Å². The average Bonchev–Trinajstić information content (AvgIpc) is 2.70. The average molecular weight is 317 g/mol. The molecule has 0 aliphatic heterocycles. The maximum atomic E-state index is 10.3. The Morgan fingerprint density at radius 1 is 1.59 bits per heavy atom. The summed E-state index contributed by atoms with van der Waals surface area (Å²) in [5, 5.41) is 14.9. The number of aliphatic hydroxyl groups is 1. The van der Waals surface area contributed by atoms with Crippen molar-refractivity contribution in [2.75, 3.05) is 0 Å². The third-order valence-corrected chi connectivity index (χ3v) is 3.40. The van der Waals surface area contributed by atoms with Crippen LogP contribution in [0.5, 0.6) is 0 Å². The molecule has 4 nitrogen and oxygen atoms in total. The predicted molar refractivity (Wildman–Crippen MR) is 68.9 cm³/mol. The van der Waals surface area contributed by atoms with E-state index in [0.717, 1.165) is 4.47 Å². The van der Waals surface area contributed by atoms with Crippen molar-refractivity contribution in [3.63, 3.8) is 0 Å². The zero-order chi connectivity index (χ0) is 12.4. The molecule has 90 valence electrons. The molecule has 0 fully saturated rings. The van der Waals surface area contributed by atoms with Crippen molar-refractivity contribution < 1.29 is 5.11 Å².